The monoisotopic (exact) mass is 282 g/mol. The minimum atomic E-state index is -1.66. The number of ether oxygens (including phenoxy) is 1. The molecule has 1 aromatic carbocycles. The van der Waals surface area contributed by atoms with Crippen LogP contribution >= 0.6 is 0 Å². The normalized spacial score (nSPS) is 24.9. The number of methoxy groups -OCH3 is 1. The summed E-state index contributed by atoms with van der Waals surface area (Å²) in [6.45, 7) is 0.104. The molecule has 0 amide bonds. The van der Waals surface area contributed by atoms with E-state index in [0.29, 0.717) is 12.8 Å². The lowest BCUT2D eigenvalue weighted by atomic mass is 9.72. The fourth-order valence-electron chi connectivity index (χ4n) is 2.77. The standard InChI is InChI=1S/C17H27NO2/c1-18(2)13-16(17(19)11-5-4-6-12-17)14-7-9-15(20-3)10-8-14/h7-10,16,19H,4-6,11-13H2,1-3H3/t16-/m1/s1/i7D,8D,9D,10D,16D. The van der Waals surface area contributed by atoms with Gasteiger partial charge in [-0.1, -0.05) is 31.3 Å². The van der Waals surface area contributed by atoms with E-state index in [2.05, 4.69) is 0 Å². The van der Waals surface area contributed by atoms with Crippen LogP contribution in [0, 0.1) is 0 Å². The Hall–Kier alpha value is -1.06. The summed E-state index contributed by atoms with van der Waals surface area (Å²) in [6, 6.07) is -1.25. The zero-order valence-electron chi connectivity index (χ0n) is 17.5. The van der Waals surface area contributed by atoms with Crippen LogP contribution in [-0.2, 0) is 0 Å². The average Bonchev–Trinajstić information content (AvgIpc) is 2.53. The Labute approximate surface area is 129 Å². The smallest absolute Gasteiger partial charge is 0.118 e. The highest BCUT2D eigenvalue weighted by molar-refractivity contribution is 5.31. The second-order valence-corrected chi connectivity index (χ2v) is 5.72. The second kappa shape index (κ2) is 6.59. The van der Waals surface area contributed by atoms with E-state index in [1.54, 1.807) is 19.0 Å². The lowest BCUT2D eigenvalue weighted by molar-refractivity contribution is -0.0277. The van der Waals surface area contributed by atoms with Crippen molar-refractivity contribution in [3.63, 3.8) is 0 Å². The molecule has 20 heavy (non-hydrogen) atoms. The maximum absolute atomic E-state index is 11.3. The molecular formula is C17H27NO2. The van der Waals surface area contributed by atoms with Crippen molar-refractivity contribution in [3.8, 4) is 5.75 Å². The molecule has 1 aromatic rings. The maximum atomic E-state index is 11.3. The van der Waals surface area contributed by atoms with Gasteiger partial charge in [-0.25, -0.2) is 0 Å². The van der Waals surface area contributed by atoms with E-state index >= 15 is 0 Å². The number of likely N-dealkylation sites (N-methyl/N-ethyl adjacent to an activating group) is 1. The lowest BCUT2D eigenvalue weighted by Crippen LogP contribution is -2.42. The predicted molar refractivity (Wildman–Crippen MR) is 82.3 cm³/mol. The molecule has 1 saturated carbocycles. The molecule has 0 heterocycles. The van der Waals surface area contributed by atoms with Gasteiger partial charge in [0.25, 0.3) is 0 Å². The molecule has 3 heteroatoms. The average molecular weight is 282 g/mol. The Kier molecular flexibility index (Phi) is 3.23. The molecule has 0 aliphatic heterocycles. The highest BCUT2D eigenvalue weighted by atomic mass is 16.5. The lowest BCUT2D eigenvalue weighted by Gasteiger charge is -2.40. The van der Waals surface area contributed by atoms with E-state index in [1.165, 1.54) is 7.11 Å². The highest BCUT2D eigenvalue weighted by Gasteiger charge is 2.38. The fraction of sp³-hybridized carbons (Fsp3) is 0.647. The predicted octanol–water partition coefficient (Wildman–Crippen LogP) is 3.04. The van der Waals surface area contributed by atoms with Crippen LogP contribution in [0.3, 0.4) is 0 Å². The SMILES string of the molecule is [2H]c1c([2H])c([C@@]([2H])(CN(C)C)C2(O)CCCCC2)c([2H])c([2H])c1OC. The van der Waals surface area contributed by atoms with Crippen LogP contribution in [0.4, 0.5) is 0 Å². The Morgan fingerprint density at radius 1 is 1.30 bits per heavy atom. The minimum Gasteiger partial charge on any atom is -0.497 e. The van der Waals surface area contributed by atoms with Crippen molar-refractivity contribution < 1.29 is 16.7 Å². The number of rotatable bonds is 5. The number of aliphatic hydroxyl groups is 1. The molecule has 0 aromatic heterocycles. The summed E-state index contributed by atoms with van der Waals surface area (Å²) in [5, 5.41) is 11.3. The third-order valence-corrected chi connectivity index (χ3v) is 3.82. The third-order valence-electron chi connectivity index (χ3n) is 3.82. The van der Waals surface area contributed by atoms with Crippen molar-refractivity contribution in [2.24, 2.45) is 0 Å². The quantitative estimate of drug-likeness (QED) is 0.901. The van der Waals surface area contributed by atoms with Gasteiger partial charge in [0, 0.05) is 13.8 Å². The van der Waals surface area contributed by atoms with Crippen LogP contribution in [0.5, 0.6) is 5.75 Å². The summed E-state index contributed by atoms with van der Waals surface area (Å²) in [4.78, 5) is 1.75. The van der Waals surface area contributed by atoms with Gasteiger partial charge in [0.1, 0.15) is 5.75 Å². The van der Waals surface area contributed by atoms with Gasteiger partial charge >= 0.3 is 0 Å². The summed E-state index contributed by atoms with van der Waals surface area (Å²) in [5.74, 6) is -1.80. The zero-order valence-corrected chi connectivity index (χ0v) is 12.5. The molecule has 0 unspecified atom stereocenters. The highest BCUT2D eigenvalue weighted by Crippen LogP contribution is 2.40. The van der Waals surface area contributed by atoms with Crippen molar-refractivity contribution in [1.29, 1.82) is 0 Å². The van der Waals surface area contributed by atoms with E-state index in [-0.39, 0.29) is 42.0 Å². The van der Waals surface area contributed by atoms with Gasteiger partial charge in [0.2, 0.25) is 0 Å². The molecule has 2 rings (SSSR count). The van der Waals surface area contributed by atoms with Crippen LogP contribution in [0.2, 0.25) is 0 Å². The van der Waals surface area contributed by atoms with Gasteiger partial charge in [0.05, 0.1) is 18.2 Å². The fourth-order valence-corrected chi connectivity index (χ4v) is 2.77. The first kappa shape index (κ1) is 9.80. The van der Waals surface area contributed by atoms with E-state index < -0.39 is 11.5 Å². The minimum absolute atomic E-state index is 0.0543. The summed E-state index contributed by atoms with van der Waals surface area (Å²) < 4.78 is 47.1. The van der Waals surface area contributed by atoms with Crippen LogP contribution in [-0.4, -0.2) is 43.4 Å². The molecule has 112 valence electrons. The van der Waals surface area contributed by atoms with Crippen molar-refractivity contribution in [1.82, 2.24) is 4.90 Å². The summed E-state index contributed by atoms with van der Waals surface area (Å²) in [5.41, 5.74) is -1.45. The van der Waals surface area contributed by atoms with Gasteiger partial charge in [-0.3, -0.25) is 0 Å². The van der Waals surface area contributed by atoms with Crippen molar-refractivity contribution in [2.75, 3.05) is 27.7 Å². The first-order valence-corrected chi connectivity index (χ1v) is 7.11. The molecule has 3 nitrogen and oxygen atoms in total. The Balaban J connectivity index is 2.75. The van der Waals surface area contributed by atoms with E-state index in [0.717, 1.165) is 19.3 Å². The zero-order chi connectivity index (χ0) is 19.0. The number of hydrogen-bond acceptors (Lipinski definition) is 3. The second-order valence-electron chi connectivity index (χ2n) is 5.72. The third kappa shape index (κ3) is 3.53. The summed E-state index contributed by atoms with van der Waals surface area (Å²) in [7, 11) is 4.84. The van der Waals surface area contributed by atoms with Gasteiger partial charge in [-0.2, -0.15) is 0 Å². The summed E-state index contributed by atoms with van der Waals surface area (Å²) >= 11 is 0. The van der Waals surface area contributed by atoms with Gasteiger partial charge in [0.15, 0.2) is 0 Å². The van der Waals surface area contributed by atoms with Crippen LogP contribution < -0.4 is 4.74 Å². The molecule has 0 radical (unpaired) electrons. The molecule has 1 aliphatic carbocycles. The molecule has 0 spiro atoms. The molecule has 1 atom stereocenters. The topological polar surface area (TPSA) is 32.7 Å². The Bertz CT molecular complexity index is 617. The van der Waals surface area contributed by atoms with E-state index in [4.69, 9.17) is 11.6 Å². The molecule has 1 fully saturated rings. The largest absolute Gasteiger partial charge is 0.497 e. The van der Waals surface area contributed by atoms with E-state index in [1.807, 2.05) is 0 Å². The van der Waals surface area contributed by atoms with Crippen molar-refractivity contribution in [2.45, 2.75) is 43.6 Å². The number of hydrogen-bond donors (Lipinski definition) is 1. The first-order chi connectivity index (χ1) is 11.6. The molecule has 1 aliphatic rings. The van der Waals surface area contributed by atoms with Crippen LogP contribution in [0.25, 0.3) is 0 Å². The maximum Gasteiger partial charge on any atom is 0.118 e. The van der Waals surface area contributed by atoms with Gasteiger partial charge < -0.3 is 14.7 Å². The van der Waals surface area contributed by atoms with E-state index in [9.17, 15) is 5.11 Å². The molecule has 1 N–H and O–H groups in total. The Morgan fingerprint density at radius 2 is 1.90 bits per heavy atom. The first-order valence-electron chi connectivity index (χ1n) is 9.61. The van der Waals surface area contributed by atoms with Gasteiger partial charge in [-0.15, -0.1) is 0 Å². The molecular weight excluding hydrogens is 250 g/mol. The molecule has 0 saturated heterocycles. The van der Waals surface area contributed by atoms with Crippen molar-refractivity contribution >= 4 is 0 Å². The summed E-state index contributed by atoms with van der Waals surface area (Å²) in [6.07, 6.45) is 3.37. The number of benzene rings is 1. The Morgan fingerprint density at radius 3 is 2.40 bits per heavy atom. The van der Waals surface area contributed by atoms with Crippen molar-refractivity contribution in [3.05, 3.63) is 29.7 Å². The molecule has 0 bridgehead atoms. The van der Waals surface area contributed by atoms with Crippen LogP contribution in [0.15, 0.2) is 24.2 Å². The van der Waals surface area contributed by atoms with Crippen LogP contribution in [0.1, 0.15) is 50.4 Å². The number of nitrogens with zero attached hydrogens (tertiary/aromatic N) is 1. The van der Waals surface area contributed by atoms with Gasteiger partial charge in [-0.05, 0) is 44.6 Å².